The van der Waals surface area contributed by atoms with Crippen LogP contribution in [0.4, 0.5) is 10.5 Å². The number of hydrogen-bond acceptors (Lipinski definition) is 3. The Hall–Kier alpha value is -1.56. The second-order valence-corrected chi connectivity index (χ2v) is 6.08. The maximum Gasteiger partial charge on any atom is 0.319 e. The van der Waals surface area contributed by atoms with E-state index >= 15 is 0 Å². The Morgan fingerprint density at radius 3 is 3.24 bits per heavy atom. The van der Waals surface area contributed by atoms with E-state index in [0.29, 0.717) is 12.0 Å². The lowest BCUT2D eigenvalue weighted by Gasteiger charge is -2.08. The molecule has 3 atom stereocenters. The van der Waals surface area contributed by atoms with Crippen molar-refractivity contribution in [3.63, 3.8) is 0 Å². The van der Waals surface area contributed by atoms with Crippen molar-refractivity contribution in [1.29, 1.82) is 0 Å². The highest BCUT2D eigenvalue weighted by molar-refractivity contribution is 5.89. The molecule has 1 aromatic heterocycles. The van der Waals surface area contributed by atoms with Crippen molar-refractivity contribution in [2.24, 2.45) is 5.92 Å². The van der Waals surface area contributed by atoms with Gasteiger partial charge in [-0.05, 0) is 31.6 Å². The van der Waals surface area contributed by atoms with E-state index in [-0.39, 0.29) is 12.1 Å². The SMILES string of the molecule is CCC[C@@H]1C[C@H]1NC(=O)Nc1cnn(C[C@H]2CCCO2)c1. The van der Waals surface area contributed by atoms with Gasteiger partial charge in [-0.1, -0.05) is 13.3 Å². The van der Waals surface area contributed by atoms with Gasteiger partial charge in [0.2, 0.25) is 0 Å². The molecule has 0 spiro atoms. The zero-order chi connectivity index (χ0) is 14.7. The highest BCUT2D eigenvalue weighted by Crippen LogP contribution is 2.34. The Bertz CT molecular complexity index is 482. The zero-order valence-corrected chi connectivity index (χ0v) is 12.5. The van der Waals surface area contributed by atoms with E-state index in [4.69, 9.17) is 4.74 Å². The van der Waals surface area contributed by atoms with Crippen LogP contribution in [0.1, 0.15) is 39.0 Å². The van der Waals surface area contributed by atoms with E-state index in [2.05, 4.69) is 22.7 Å². The van der Waals surface area contributed by atoms with E-state index in [1.165, 1.54) is 12.8 Å². The number of ether oxygens (including phenoxy) is 1. The minimum Gasteiger partial charge on any atom is -0.376 e. The zero-order valence-electron chi connectivity index (χ0n) is 12.5. The number of amides is 2. The molecule has 1 aliphatic heterocycles. The van der Waals surface area contributed by atoms with Gasteiger partial charge in [-0.15, -0.1) is 0 Å². The topological polar surface area (TPSA) is 68.2 Å². The average Bonchev–Trinajstić information content (AvgIpc) is 2.87. The van der Waals surface area contributed by atoms with Crippen molar-refractivity contribution in [2.75, 3.05) is 11.9 Å². The predicted molar refractivity (Wildman–Crippen MR) is 80.2 cm³/mol. The molecule has 2 fully saturated rings. The standard InChI is InChI=1S/C15H24N4O2/c1-2-4-11-7-14(11)18-15(20)17-12-8-16-19(9-12)10-13-5-3-6-21-13/h8-9,11,13-14H,2-7,10H2,1H3,(H2,17,18,20)/t11-,13-,14-/m1/s1. The number of anilines is 1. The van der Waals surface area contributed by atoms with Crippen LogP contribution in [0.2, 0.25) is 0 Å². The van der Waals surface area contributed by atoms with Crippen LogP contribution < -0.4 is 10.6 Å². The first-order chi connectivity index (χ1) is 10.2. The quantitative estimate of drug-likeness (QED) is 0.846. The molecule has 21 heavy (non-hydrogen) atoms. The predicted octanol–water partition coefficient (Wildman–Crippen LogP) is 2.37. The van der Waals surface area contributed by atoms with Crippen molar-refractivity contribution in [1.82, 2.24) is 15.1 Å². The summed E-state index contributed by atoms with van der Waals surface area (Å²) in [5, 5.41) is 10.1. The second-order valence-electron chi connectivity index (χ2n) is 6.08. The fourth-order valence-electron chi connectivity index (χ4n) is 2.97. The van der Waals surface area contributed by atoms with Gasteiger partial charge in [0.05, 0.1) is 24.5 Å². The molecule has 6 heteroatoms. The van der Waals surface area contributed by atoms with Crippen molar-refractivity contribution in [3.05, 3.63) is 12.4 Å². The van der Waals surface area contributed by atoms with Gasteiger partial charge in [-0.25, -0.2) is 4.79 Å². The van der Waals surface area contributed by atoms with Gasteiger partial charge >= 0.3 is 6.03 Å². The number of nitrogens with one attached hydrogen (secondary N) is 2. The van der Waals surface area contributed by atoms with E-state index in [9.17, 15) is 4.79 Å². The molecular formula is C15H24N4O2. The number of carbonyl (C=O) groups is 1. The third-order valence-corrected chi connectivity index (χ3v) is 4.20. The van der Waals surface area contributed by atoms with Gasteiger partial charge < -0.3 is 15.4 Å². The van der Waals surface area contributed by atoms with Crippen LogP contribution in [0.25, 0.3) is 0 Å². The van der Waals surface area contributed by atoms with Crippen LogP contribution in [0.5, 0.6) is 0 Å². The van der Waals surface area contributed by atoms with Crippen LogP contribution >= 0.6 is 0 Å². The van der Waals surface area contributed by atoms with Crippen LogP contribution in [0.3, 0.4) is 0 Å². The van der Waals surface area contributed by atoms with E-state index in [1.54, 1.807) is 6.20 Å². The third-order valence-electron chi connectivity index (χ3n) is 4.20. The van der Waals surface area contributed by atoms with Gasteiger partial charge in [0.15, 0.2) is 0 Å². The molecule has 2 heterocycles. The number of rotatable bonds is 6. The lowest BCUT2D eigenvalue weighted by Crippen LogP contribution is -2.31. The monoisotopic (exact) mass is 292 g/mol. The summed E-state index contributed by atoms with van der Waals surface area (Å²) in [5.41, 5.74) is 0.734. The summed E-state index contributed by atoms with van der Waals surface area (Å²) < 4.78 is 7.42. The Kier molecular flexibility index (Phi) is 4.43. The van der Waals surface area contributed by atoms with Crippen LogP contribution in [-0.2, 0) is 11.3 Å². The largest absolute Gasteiger partial charge is 0.376 e. The first-order valence-electron chi connectivity index (χ1n) is 7.96. The normalized spacial score (nSPS) is 27.6. The molecule has 1 saturated heterocycles. The Morgan fingerprint density at radius 2 is 2.48 bits per heavy atom. The molecule has 0 radical (unpaired) electrons. The summed E-state index contributed by atoms with van der Waals surface area (Å²) in [6.07, 6.45) is 9.50. The second kappa shape index (κ2) is 6.47. The Labute approximate surface area is 125 Å². The first-order valence-corrected chi connectivity index (χ1v) is 7.96. The van der Waals surface area contributed by atoms with E-state index in [1.807, 2.05) is 10.9 Å². The number of hydrogen-bond donors (Lipinski definition) is 2. The molecule has 0 bridgehead atoms. The Balaban J connectivity index is 1.42. The lowest BCUT2D eigenvalue weighted by molar-refractivity contribution is 0.0940. The molecule has 0 aromatic carbocycles. The molecule has 116 valence electrons. The Morgan fingerprint density at radius 1 is 1.57 bits per heavy atom. The fourth-order valence-corrected chi connectivity index (χ4v) is 2.97. The van der Waals surface area contributed by atoms with Gasteiger partial charge in [0.25, 0.3) is 0 Å². The molecule has 1 saturated carbocycles. The van der Waals surface area contributed by atoms with Crippen LogP contribution in [0, 0.1) is 5.92 Å². The van der Waals surface area contributed by atoms with Crippen molar-refractivity contribution in [3.8, 4) is 0 Å². The van der Waals surface area contributed by atoms with Gasteiger partial charge in [0.1, 0.15) is 0 Å². The van der Waals surface area contributed by atoms with Crippen molar-refractivity contribution >= 4 is 11.7 Å². The molecule has 2 N–H and O–H groups in total. The minimum absolute atomic E-state index is 0.129. The number of aromatic nitrogens is 2. The smallest absolute Gasteiger partial charge is 0.319 e. The molecule has 2 amide bonds. The lowest BCUT2D eigenvalue weighted by atomic mass is 10.2. The van der Waals surface area contributed by atoms with E-state index < -0.39 is 0 Å². The molecule has 3 rings (SSSR count). The molecular weight excluding hydrogens is 268 g/mol. The maximum absolute atomic E-state index is 11.9. The summed E-state index contributed by atoms with van der Waals surface area (Å²) in [6, 6.07) is 0.224. The van der Waals surface area contributed by atoms with Gasteiger partial charge in [-0.3, -0.25) is 4.68 Å². The van der Waals surface area contributed by atoms with Crippen LogP contribution in [-0.4, -0.2) is 34.6 Å². The number of nitrogens with zero attached hydrogens (tertiary/aromatic N) is 2. The molecule has 2 aliphatic rings. The van der Waals surface area contributed by atoms with E-state index in [0.717, 1.165) is 38.1 Å². The number of urea groups is 1. The first kappa shape index (κ1) is 14.4. The fraction of sp³-hybridized carbons (Fsp3) is 0.733. The van der Waals surface area contributed by atoms with Gasteiger partial charge in [-0.2, -0.15) is 5.10 Å². The van der Waals surface area contributed by atoms with Crippen molar-refractivity contribution < 1.29 is 9.53 Å². The number of carbonyl (C=O) groups excluding carboxylic acids is 1. The highest BCUT2D eigenvalue weighted by atomic mass is 16.5. The molecule has 1 aliphatic carbocycles. The molecule has 0 unspecified atom stereocenters. The average molecular weight is 292 g/mol. The highest BCUT2D eigenvalue weighted by Gasteiger charge is 2.37. The summed E-state index contributed by atoms with van der Waals surface area (Å²) >= 11 is 0. The maximum atomic E-state index is 11.9. The van der Waals surface area contributed by atoms with Crippen molar-refractivity contribution in [2.45, 2.75) is 57.7 Å². The third kappa shape index (κ3) is 3.97. The summed E-state index contributed by atoms with van der Waals surface area (Å²) in [4.78, 5) is 11.9. The minimum atomic E-state index is -0.129. The summed E-state index contributed by atoms with van der Waals surface area (Å²) in [6.45, 7) is 3.78. The molecule has 6 nitrogen and oxygen atoms in total. The molecule has 1 aromatic rings. The van der Waals surface area contributed by atoms with Gasteiger partial charge in [0, 0.05) is 18.8 Å². The summed E-state index contributed by atoms with van der Waals surface area (Å²) in [5.74, 6) is 0.669. The summed E-state index contributed by atoms with van der Waals surface area (Å²) in [7, 11) is 0. The van der Waals surface area contributed by atoms with Crippen LogP contribution in [0.15, 0.2) is 12.4 Å².